The van der Waals surface area contributed by atoms with Crippen molar-refractivity contribution in [2.24, 2.45) is 5.73 Å². The SMILES string of the molecule is Cc1cc(C(=O)N2CC[C@H](N)C2)sc1-c1ccc(F)cc1. The van der Waals surface area contributed by atoms with Crippen molar-refractivity contribution in [1.82, 2.24) is 4.90 Å². The Hall–Kier alpha value is -1.72. The fraction of sp³-hybridized carbons (Fsp3) is 0.312. The molecule has 2 heterocycles. The second-order valence-electron chi connectivity index (χ2n) is 5.43. The molecule has 0 spiro atoms. The van der Waals surface area contributed by atoms with Crippen LogP contribution in [0, 0.1) is 12.7 Å². The second kappa shape index (κ2) is 5.58. The topological polar surface area (TPSA) is 46.3 Å². The first kappa shape index (κ1) is 14.2. The zero-order chi connectivity index (χ0) is 15.0. The number of rotatable bonds is 2. The highest BCUT2D eigenvalue weighted by molar-refractivity contribution is 7.17. The fourth-order valence-electron chi connectivity index (χ4n) is 2.60. The number of halogens is 1. The van der Waals surface area contributed by atoms with Crippen molar-refractivity contribution in [2.45, 2.75) is 19.4 Å². The van der Waals surface area contributed by atoms with Gasteiger partial charge in [0.1, 0.15) is 5.82 Å². The Morgan fingerprint density at radius 3 is 2.71 bits per heavy atom. The highest BCUT2D eigenvalue weighted by Crippen LogP contribution is 2.33. The molecule has 1 amide bonds. The van der Waals surface area contributed by atoms with E-state index in [1.165, 1.54) is 23.5 Å². The maximum Gasteiger partial charge on any atom is 0.264 e. The molecule has 0 aliphatic carbocycles. The summed E-state index contributed by atoms with van der Waals surface area (Å²) in [6.07, 6.45) is 0.862. The van der Waals surface area contributed by atoms with Gasteiger partial charge in [-0.05, 0) is 42.7 Å². The van der Waals surface area contributed by atoms with Gasteiger partial charge in [-0.3, -0.25) is 4.79 Å². The minimum atomic E-state index is -0.254. The van der Waals surface area contributed by atoms with Gasteiger partial charge < -0.3 is 10.6 Å². The average Bonchev–Trinajstić information content (AvgIpc) is 3.05. The monoisotopic (exact) mass is 304 g/mol. The van der Waals surface area contributed by atoms with E-state index in [2.05, 4.69) is 0 Å². The molecule has 3 rings (SSSR count). The van der Waals surface area contributed by atoms with Crippen molar-refractivity contribution >= 4 is 17.2 Å². The molecule has 0 saturated carbocycles. The zero-order valence-electron chi connectivity index (χ0n) is 11.8. The van der Waals surface area contributed by atoms with E-state index in [1.54, 1.807) is 12.1 Å². The Morgan fingerprint density at radius 2 is 2.10 bits per heavy atom. The first-order valence-corrected chi connectivity index (χ1v) is 7.77. The zero-order valence-corrected chi connectivity index (χ0v) is 12.6. The lowest BCUT2D eigenvalue weighted by Gasteiger charge is -2.14. The molecular formula is C16H17FN2OS. The number of hydrogen-bond acceptors (Lipinski definition) is 3. The number of benzene rings is 1. The van der Waals surface area contributed by atoms with Crippen LogP contribution < -0.4 is 5.73 Å². The van der Waals surface area contributed by atoms with Crippen LogP contribution in [0.4, 0.5) is 4.39 Å². The predicted octanol–water partition coefficient (Wildman–Crippen LogP) is 3.04. The molecular weight excluding hydrogens is 287 g/mol. The fourth-order valence-corrected chi connectivity index (χ4v) is 3.75. The van der Waals surface area contributed by atoms with Crippen molar-refractivity contribution in [2.75, 3.05) is 13.1 Å². The number of thiophene rings is 1. The van der Waals surface area contributed by atoms with E-state index in [9.17, 15) is 9.18 Å². The van der Waals surface area contributed by atoms with Crippen LogP contribution in [0.25, 0.3) is 10.4 Å². The molecule has 2 aromatic rings. The molecule has 0 unspecified atom stereocenters. The molecule has 0 bridgehead atoms. The van der Waals surface area contributed by atoms with Gasteiger partial charge in [0, 0.05) is 24.0 Å². The van der Waals surface area contributed by atoms with Crippen LogP contribution in [0.1, 0.15) is 21.7 Å². The van der Waals surface area contributed by atoms with Gasteiger partial charge in [0.05, 0.1) is 4.88 Å². The summed E-state index contributed by atoms with van der Waals surface area (Å²) < 4.78 is 13.0. The van der Waals surface area contributed by atoms with E-state index < -0.39 is 0 Å². The number of aryl methyl sites for hydroxylation is 1. The Bertz CT molecular complexity index is 665. The van der Waals surface area contributed by atoms with Crippen LogP contribution in [0.3, 0.4) is 0 Å². The van der Waals surface area contributed by atoms with E-state index in [4.69, 9.17) is 5.73 Å². The molecule has 1 fully saturated rings. The lowest BCUT2D eigenvalue weighted by Crippen LogP contribution is -2.31. The first-order chi connectivity index (χ1) is 10.0. The number of nitrogens with zero attached hydrogens (tertiary/aromatic N) is 1. The lowest BCUT2D eigenvalue weighted by atomic mass is 10.1. The molecule has 21 heavy (non-hydrogen) atoms. The summed E-state index contributed by atoms with van der Waals surface area (Å²) in [7, 11) is 0. The maximum atomic E-state index is 13.0. The second-order valence-corrected chi connectivity index (χ2v) is 6.48. The third-order valence-electron chi connectivity index (χ3n) is 3.75. The smallest absolute Gasteiger partial charge is 0.264 e. The van der Waals surface area contributed by atoms with Crippen LogP contribution in [-0.2, 0) is 0 Å². The summed E-state index contributed by atoms with van der Waals surface area (Å²) in [5.74, 6) is -0.209. The van der Waals surface area contributed by atoms with E-state index in [0.717, 1.165) is 33.8 Å². The number of carbonyl (C=O) groups excluding carboxylic acids is 1. The van der Waals surface area contributed by atoms with Crippen molar-refractivity contribution < 1.29 is 9.18 Å². The molecule has 1 aromatic heterocycles. The van der Waals surface area contributed by atoms with Crippen LogP contribution in [0.2, 0.25) is 0 Å². The number of likely N-dealkylation sites (tertiary alicyclic amines) is 1. The highest BCUT2D eigenvalue weighted by Gasteiger charge is 2.26. The summed E-state index contributed by atoms with van der Waals surface area (Å²) in [6, 6.07) is 8.37. The summed E-state index contributed by atoms with van der Waals surface area (Å²) >= 11 is 1.46. The molecule has 3 nitrogen and oxygen atoms in total. The van der Waals surface area contributed by atoms with Crippen molar-refractivity contribution in [3.05, 3.63) is 46.6 Å². The number of hydrogen-bond donors (Lipinski definition) is 1. The van der Waals surface area contributed by atoms with Crippen LogP contribution in [-0.4, -0.2) is 29.9 Å². The van der Waals surface area contributed by atoms with Gasteiger partial charge in [-0.15, -0.1) is 11.3 Å². The van der Waals surface area contributed by atoms with Gasteiger partial charge >= 0.3 is 0 Å². The molecule has 1 aliphatic rings. The molecule has 110 valence electrons. The van der Waals surface area contributed by atoms with Gasteiger partial charge in [0.25, 0.3) is 5.91 Å². The first-order valence-electron chi connectivity index (χ1n) is 6.96. The third kappa shape index (κ3) is 2.84. The minimum Gasteiger partial charge on any atom is -0.336 e. The van der Waals surface area contributed by atoms with E-state index in [-0.39, 0.29) is 17.8 Å². The quantitative estimate of drug-likeness (QED) is 0.927. The van der Waals surface area contributed by atoms with Gasteiger partial charge in [-0.2, -0.15) is 0 Å². The Balaban J connectivity index is 1.87. The number of carbonyl (C=O) groups is 1. The Morgan fingerprint density at radius 1 is 1.38 bits per heavy atom. The average molecular weight is 304 g/mol. The van der Waals surface area contributed by atoms with Crippen molar-refractivity contribution in [1.29, 1.82) is 0 Å². The van der Waals surface area contributed by atoms with Gasteiger partial charge in [0.15, 0.2) is 0 Å². The van der Waals surface area contributed by atoms with Crippen LogP contribution in [0.15, 0.2) is 30.3 Å². The predicted molar refractivity (Wildman–Crippen MR) is 82.9 cm³/mol. The Kier molecular flexibility index (Phi) is 3.78. The van der Waals surface area contributed by atoms with Gasteiger partial charge in [-0.25, -0.2) is 4.39 Å². The largest absolute Gasteiger partial charge is 0.336 e. The molecule has 1 atom stereocenters. The van der Waals surface area contributed by atoms with E-state index >= 15 is 0 Å². The molecule has 1 aliphatic heterocycles. The molecule has 2 N–H and O–H groups in total. The van der Waals surface area contributed by atoms with Crippen molar-refractivity contribution in [3.63, 3.8) is 0 Å². The summed E-state index contributed by atoms with van der Waals surface area (Å²) in [6.45, 7) is 3.33. The molecule has 0 radical (unpaired) electrons. The normalized spacial score (nSPS) is 18.2. The van der Waals surface area contributed by atoms with E-state index in [1.807, 2.05) is 17.9 Å². The van der Waals surface area contributed by atoms with Gasteiger partial charge in [0.2, 0.25) is 0 Å². The van der Waals surface area contributed by atoms with Crippen molar-refractivity contribution in [3.8, 4) is 10.4 Å². The standard InChI is InChI=1S/C16H17FN2OS/c1-10-8-14(16(20)19-7-6-13(18)9-19)21-15(10)11-2-4-12(17)5-3-11/h2-5,8,13H,6-7,9,18H2,1H3/t13-/m0/s1. The third-order valence-corrected chi connectivity index (χ3v) is 5.02. The minimum absolute atomic E-state index is 0.0458. The lowest BCUT2D eigenvalue weighted by molar-refractivity contribution is 0.0795. The summed E-state index contributed by atoms with van der Waals surface area (Å²) in [4.78, 5) is 16.0. The number of nitrogens with two attached hydrogens (primary N) is 1. The number of amides is 1. The van der Waals surface area contributed by atoms with Crippen LogP contribution in [0.5, 0.6) is 0 Å². The van der Waals surface area contributed by atoms with Crippen LogP contribution >= 0.6 is 11.3 Å². The Labute approximate surface area is 127 Å². The maximum absolute atomic E-state index is 13.0. The van der Waals surface area contributed by atoms with Gasteiger partial charge in [-0.1, -0.05) is 12.1 Å². The summed E-state index contributed by atoms with van der Waals surface area (Å²) in [5, 5.41) is 0. The highest BCUT2D eigenvalue weighted by atomic mass is 32.1. The molecule has 5 heteroatoms. The summed E-state index contributed by atoms with van der Waals surface area (Å²) in [5.41, 5.74) is 7.84. The molecule has 1 saturated heterocycles. The van der Waals surface area contributed by atoms with E-state index in [0.29, 0.717) is 6.54 Å². The molecule has 1 aromatic carbocycles.